The van der Waals surface area contributed by atoms with Gasteiger partial charge in [-0.25, -0.2) is 0 Å². The molecule has 1 saturated carbocycles. The maximum absolute atomic E-state index is 6.31. The summed E-state index contributed by atoms with van der Waals surface area (Å²) in [4.78, 5) is 4.46. The molecule has 19 heavy (non-hydrogen) atoms. The summed E-state index contributed by atoms with van der Waals surface area (Å²) in [5, 5.41) is 8.22. The van der Waals surface area contributed by atoms with Crippen LogP contribution >= 0.6 is 12.4 Å². The summed E-state index contributed by atoms with van der Waals surface area (Å²) < 4.78 is 7.11. The summed E-state index contributed by atoms with van der Waals surface area (Å²) >= 11 is 0. The average molecular weight is 284 g/mol. The Morgan fingerprint density at radius 1 is 1.42 bits per heavy atom. The van der Waals surface area contributed by atoms with Gasteiger partial charge in [0.05, 0.1) is 5.54 Å². The molecule has 1 unspecified atom stereocenters. The number of halogens is 1. The van der Waals surface area contributed by atoms with E-state index in [1.165, 1.54) is 0 Å². The zero-order valence-corrected chi connectivity index (χ0v) is 11.6. The monoisotopic (exact) mass is 283 g/mol. The lowest BCUT2D eigenvalue weighted by Gasteiger charge is -2.17. The lowest BCUT2D eigenvalue weighted by molar-refractivity contribution is 0.322. The predicted octanol–water partition coefficient (Wildman–Crippen LogP) is 2.03. The minimum absolute atomic E-state index is 0. The second kappa shape index (κ2) is 5.30. The molecule has 6 nitrogen and oxygen atoms in total. The van der Waals surface area contributed by atoms with Crippen molar-refractivity contribution in [1.82, 2.24) is 19.9 Å². The Hall–Kier alpha value is -1.40. The number of hydrogen-bond acceptors (Lipinski definition) is 5. The molecule has 0 aromatic carbocycles. The van der Waals surface area contributed by atoms with Crippen LogP contribution in [0.25, 0.3) is 0 Å². The first kappa shape index (κ1) is 14.0. The summed E-state index contributed by atoms with van der Waals surface area (Å²) in [7, 11) is 0. The Kier molecular flexibility index (Phi) is 3.91. The van der Waals surface area contributed by atoms with Gasteiger partial charge in [0.2, 0.25) is 0 Å². The molecule has 1 aliphatic rings. The van der Waals surface area contributed by atoms with E-state index in [9.17, 15) is 0 Å². The standard InChI is InChI=1S/C12H17N5O.ClH/c1-9(17-8-4-7-14-17)10-15-11(16-18-10)12(13)5-2-3-6-12;/h4,7-9H,2-3,5-6,13H2,1H3;1H. The molecule has 2 aromatic rings. The van der Waals surface area contributed by atoms with Crippen LogP contribution in [0.5, 0.6) is 0 Å². The third-order valence-electron chi connectivity index (χ3n) is 3.66. The van der Waals surface area contributed by atoms with Crippen LogP contribution in [0.3, 0.4) is 0 Å². The van der Waals surface area contributed by atoms with Gasteiger partial charge in [0.15, 0.2) is 5.82 Å². The fourth-order valence-corrected chi connectivity index (χ4v) is 2.46. The van der Waals surface area contributed by atoms with Gasteiger partial charge in [0.1, 0.15) is 6.04 Å². The molecular formula is C12H18ClN5O. The van der Waals surface area contributed by atoms with Gasteiger partial charge in [0, 0.05) is 12.4 Å². The topological polar surface area (TPSA) is 82.8 Å². The highest BCUT2D eigenvalue weighted by molar-refractivity contribution is 5.85. The normalized spacial score (nSPS) is 19.1. The van der Waals surface area contributed by atoms with Crippen molar-refractivity contribution in [1.29, 1.82) is 0 Å². The summed E-state index contributed by atoms with van der Waals surface area (Å²) in [6.45, 7) is 1.97. The van der Waals surface area contributed by atoms with Crippen molar-refractivity contribution < 1.29 is 4.52 Å². The summed E-state index contributed by atoms with van der Waals surface area (Å²) in [6, 6.07) is 1.81. The minimum Gasteiger partial charge on any atom is -0.337 e. The summed E-state index contributed by atoms with van der Waals surface area (Å²) in [5.74, 6) is 1.19. The maximum atomic E-state index is 6.31. The van der Waals surface area contributed by atoms with Gasteiger partial charge in [-0.15, -0.1) is 12.4 Å². The van der Waals surface area contributed by atoms with Crippen LogP contribution in [0.1, 0.15) is 50.4 Å². The number of hydrogen-bond donors (Lipinski definition) is 1. The second-order valence-electron chi connectivity index (χ2n) is 4.98. The fourth-order valence-electron chi connectivity index (χ4n) is 2.46. The van der Waals surface area contributed by atoms with Crippen LogP contribution in [0, 0.1) is 0 Å². The third kappa shape index (κ3) is 2.50. The number of aromatic nitrogens is 4. The first-order chi connectivity index (χ1) is 8.69. The van der Waals surface area contributed by atoms with Crippen LogP contribution in [0.4, 0.5) is 0 Å². The Morgan fingerprint density at radius 3 is 2.79 bits per heavy atom. The van der Waals surface area contributed by atoms with Crippen LogP contribution in [0.15, 0.2) is 23.0 Å². The van der Waals surface area contributed by atoms with Crippen molar-refractivity contribution in [2.45, 2.75) is 44.2 Å². The van der Waals surface area contributed by atoms with Gasteiger partial charge >= 0.3 is 0 Å². The van der Waals surface area contributed by atoms with E-state index >= 15 is 0 Å². The van der Waals surface area contributed by atoms with Crippen LogP contribution in [0.2, 0.25) is 0 Å². The second-order valence-corrected chi connectivity index (χ2v) is 4.98. The van der Waals surface area contributed by atoms with E-state index in [-0.39, 0.29) is 18.4 Å². The number of rotatable bonds is 3. The Labute approximate surface area is 117 Å². The van der Waals surface area contributed by atoms with Gasteiger partial charge in [0.25, 0.3) is 5.89 Å². The molecule has 1 fully saturated rings. The lowest BCUT2D eigenvalue weighted by atomic mass is 9.99. The van der Waals surface area contributed by atoms with Crippen molar-refractivity contribution in [3.8, 4) is 0 Å². The van der Waals surface area contributed by atoms with E-state index < -0.39 is 5.54 Å². The molecule has 104 valence electrons. The summed E-state index contributed by atoms with van der Waals surface area (Å²) in [6.07, 6.45) is 7.74. The molecule has 3 rings (SSSR count). The van der Waals surface area contributed by atoms with Gasteiger partial charge in [-0.05, 0) is 25.8 Å². The van der Waals surface area contributed by atoms with E-state index in [1.54, 1.807) is 10.9 Å². The number of nitrogens with two attached hydrogens (primary N) is 1. The molecule has 0 spiro atoms. The fraction of sp³-hybridized carbons (Fsp3) is 0.583. The molecule has 1 aliphatic carbocycles. The SMILES string of the molecule is CC(c1nc(C2(N)CCCC2)no1)n1cccn1.Cl. The van der Waals surface area contributed by atoms with E-state index in [1.807, 2.05) is 19.2 Å². The maximum Gasteiger partial charge on any atom is 0.251 e. The molecule has 2 N–H and O–H groups in total. The van der Waals surface area contributed by atoms with Gasteiger partial charge < -0.3 is 10.3 Å². The van der Waals surface area contributed by atoms with Crippen molar-refractivity contribution >= 4 is 12.4 Å². The van der Waals surface area contributed by atoms with E-state index in [0.717, 1.165) is 25.7 Å². The quantitative estimate of drug-likeness (QED) is 0.932. The smallest absolute Gasteiger partial charge is 0.251 e. The first-order valence-corrected chi connectivity index (χ1v) is 6.31. The number of nitrogens with zero attached hydrogens (tertiary/aromatic N) is 4. The highest BCUT2D eigenvalue weighted by atomic mass is 35.5. The van der Waals surface area contributed by atoms with Crippen LogP contribution < -0.4 is 5.73 Å². The highest BCUT2D eigenvalue weighted by Crippen LogP contribution is 2.35. The molecular weight excluding hydrogens is 266 g/mol. The largest absolute Gasteiger partial charge is 0.337 e. The van der Waals surface area contributed by atoms with Crippen molar-refractivity contribution in [3.63, 3.8) is 0 Å². The molecule has 0 bridgehead atoms. The lowest BCUT2D eigenvalue weighted by Crippen LogP contribution is -2.34. The molecule has 0 aliphatic heterocycles. The van der Waals surface area contributed by atoms with E-state index in [4.69, 9.17) is 10.3 Å². The molecule has 0 amide bonds. The Morgan fingerprint density at radius 2 is 2.16 bits per heavy atom. The average Bonchev–Trinajstić information content (AvgIpc) is 3.10. The molecule has 2 aromatic heterocycles. The molecule has 0 radical (unpaired) electrons. The predicted molar refractivity (Wildman–Crippen MR) is 71.9 cm³/mol. The highest BCUT2D eigenvalue weighted by Gasteiger charge is 2.36. The zero-order chi connectivity index (χ0) is 12.6. The van der Waals surface area contributed by atoms with Crippen LogP contribution in [-0.4, -0.2) is 19.9 Å². The van der Waals surface area contributed by atoms with E-state index in [2.05, 4.69) is 15.2 Å². The molecule has 0 saturated heterocycles. The van der Waals surface area contributed by atoms with Crippen LogP contribution in [-0.2, 0) is 5.54 Å². The van der Waals surface area contributed by atoms with E-state index in [0.29, 0.717) is 11.7 Å². The minimum atomic E-state index is -0.397. The van der Waals surface area contributed by atoms with Crippen molar-refractivity contribution in [2.24, 2.45) is 5.73 Å². The molecule has 2 heterocycles. The van der Waals surface area contributed by atoms with Crippen molar-refractivity contribution in [2.75, 3.05) is 0 Å². The third-order valence-corrected chi connectivity index (χ3v) is 3.66. The molecule has 7 heteroatoms. The Bertz CT molecular complexity index is 518. The first-order valence-electron chi connectivity index (χ1n) is 6.31. The van der Waals surface area contributed by atoms with Gasteiger partial charge in [-0.3, -0.25) is 4.68 Å². The Balaban J connectivity index is 0.00000133. The molecule has 1 atom stereocenters. The van der Waals surface area contributed by atoms with Gasteiger partial charge in [-0.2, -0.15) is 10.1 Å². The summed E-state index contributed by atoms with van der Waals surface area (Å²) in [5.41, 5.74) is 5.91. The van der Waals surface area contributed by atoms with Gasteiger partial charge in [-0.1, -0.05) is 18.0 Å². The zero-order valence-electron chi connectivity index (χ0n) is 10.8. The van der Waals surface area contributed by atoms with Crippen molar-refractivity contribution in [3.05, 3.63) is 30.2 Å².